The summed E-state index contributed by atoms with van der Waals surface area (Å²) in [5, 5.41) is 7.03. The molecule has 0 aliphatic carbocycles. The Labute approximate surface area is 126 Å². The van der Waals surface area contributed by atoms with Crippen LogP contribution in [0, 0.1) is 0 Å². The molecule has 2 rings (SSSR count). The fourth-order valence-electron chi connectivity index (χ4n) is 2.32. The van der Waals surface area contributed by atoms with Gasteiger partial charge in [0.25, 0.3) is 0 Å². The molecule has 1 fully saturated rings. The van der Waals surface area contributed by atoms with Gasteiger partial charge in [0.05, 0.1) is 0 Å². The van der Waals surface area contributed by atoms with Crippen molar-refractivity contribution in [1.82, 2.24) is 5.32 Å². The molecule has 2 N–H and O–H groups in total. The summed E-state index contributed by atoms with van der Waals surface area (Å²) in [6, 6.07) is 8.47. The van der Waals surface area contributed by atoms with E-state index in [2.05, 4.69) is 39.8 Å². The molecule has 4 nitrogen and oxygen atoms in total. The summed E-state index contributed by atoms with van der Waals surface area (Å²) in [5.74, 6) is 0. The monoisotopic (exact) mass is 293 g/mol. The highest BCUT2D eigenvalue weighted by Gasteiger charge is 2.11. The average molecular weight is 293 g/mol. The van der Waals surface area contributed by atoms with Crippen LogP contribution in [0.4, 0.5) is 11.4 Å². The van der Waals surface area contributed by atoms with Crippen molar-refractivity contribution in [2.24, 2.45) is 0 Å². The fourth-order valence-corrected chi connectivity index (χ4v) is 2.54. The summed E-state index contributed by atoms with van der Waals surface area (Å²) in [6.07, 6.45) is 3.55. The molecule has 1 aliphatic heterocycles. The summed E-state index contributed by atoms with van der Waals surface area (Å²) in [5.41, 5.74) is 2.32. The fraction of sp³-hybridized carbons (Fsp3) is 0.533. The van der Waals surface area contributed by atoms with E-state index in [0.717, 1.165) is 25.3 Å². The van der Waals surface area contributed by atoms with Crippen LogP contribution in [0.25, 0.3) is 0 Å². The van der Waals surface area contributed by atoms with Crippen molar-refractivity contribution < 1.29 is 4.74 Å². The van der Waals surface area contributed by atoms with Crippen LogP contribution in [-0.4, -0.2) is 38.5 Å². The van der Waals surface area contributed by atoms with Crippen LogP contribution in [0.15, 0.2) is 24.3 Å². The quantitative estimate of drug-likeness (QED) is 0.623. The maximum Gasteiger partial charge on any atom is 0.170 e. The van der Waals surface area contributed by atoms with E-state index in [4.69, 9.17) is 17.0 Å². The molecule has 20 heavy (non-hydrogen) atoms. The van der Waals surface area contributed by atoms with Gasteiger partial charge in [-0.3, -0.25) is 0 Å². The Morgan fingerprint density at radius 2 is 1.95 bits per heavy atom. The molecule has 0 atom stereocenters. The van der Waals surface area contributed by atoms with Gasteiger partial charge >= 0.3 is 0 Å². The lowest BCUT2D eigenvalue weighted by Gasteiger charge is -2.18. The van der Waals surface area contributed by atoms with Crippen molar-refractivity contribution in [2.45, 2.75) is 19.3 Å². The highest BCUT2D eigenvalue weighted by atomic mass is 32.1. The van der Waals surface area contributed by atoms with Gasteiger partial charge in [-0.2, -0.15) is 0 Å². The molecule has 5 heteroatoms. The van der Waals surface area contributed by atoms with Crippen LogP contribution in [0.1, 0.15) is 19.3 Å². The maximum absolute atomic E-state index is 5.25. The van der Waals surface area contributed by atoms with Crippen LogP contribution in [-0.2, 0) is 4.74 Å². The molecule has 1 aliphatic rings. The van der Waals surface area contributed by atoms with E-state index in [-0.39, 0.29) is 0 Å². The molecular formula is C15H23N3OS. The van der Waals surface area contributed by atoms with Gasteiger partial charge in [-0.1, -0.05) is 0 Å². The lowest BCUT2D eigenvalue weighted by Crippen LogP contribution is -2.29. The van der Waals surface area contributed by atoms with Crippen molar-refractivity contribution in [3.8, 4) is 0 Å². The van der Waals surface area contributed by atoms with E-state index in [1.54, 1.807) is 7.11 Å². The predicted molar refractivity (Wildman–Crippen MR) is 88.6 cm³/mol. The molecule has 0 amide bonds. The van der Waals surface area contributed by atoms with Crippen molar-refractivity contribution in [3.05, 3.63) is 24.3 Å². The molecule has 1 saturated heterocycles. The van der Waals surface area contributed by atoms with Gasteiger partial charge in [-0.05, 0) is 55.7 Å². The Kier molecular flexibility index (Phi) is 6.08. The van der Waals surface area contributed by atoms with Crippen LogP contribution in [0.5, 0.6) is 0 Å². The molecule has 0 spiro atoms. The average Bonchev–Trinajstić information content (AvgIpc) is 2.99. The maximum atomic E-state index is 5.25. The van der Waals surface area contributed by atoms with Crippen LogP contribution < -0.4 is 15.5 Å². The lowest BCUT2D eigenvalue weighted by molar-refractivity contribution is 0.196. The highest BCUT2D eigenvalue weighted by molar-refractivity contribution is 7.80. The number of hydrogen-bond acceptors (Lipinski definition) is 3. The Morgan fingerprint density at radius 1 is 1.25 bits per heavy atom. The Bertz CT molecular complexity index is 416. The zero-order chi connectivity index (χ0) is 14.2. The number of nitrogens with one attached hydrogen (secondary N) is 2. The molecule has 1 aromatic carbocycles. The van der Waals surface area contributed by atoms with E-state index in [1.165, 1.54) is 31.6 Å². The first-order valence-corrected chi connectivity index (χ1v) is 7.59. The standard InChI is InChI=1S/C15H23N3OS/c1-19-12-4-9-16-15(20)17-13-5-7-14(8-6-13)18-10-2-3-11-18/h5-8H,2-4,9-12H2,1H3,(H2,16,17,20). The smallest absolute Gasteiger partial charge is 0.170 e. The number of benzene rings is 1. The second kappa shape index (κ2) is 8.07. The van der Waals surface area contributed by atoms with E-state index >= 15 is 0 Å². The predicted octanol–water partition coefficient (Wildman–Crippen LogP) is 2.61. The van der Waals surface area contributed by atoms with Crippen molar-refractivity contribution in [2.75, 3.05) is 43.6 Å². The van der Waals surface area contributed by atoms with E-state index in [0.29, 0.717) is 5.11 Å². The van der Waals surface area contributed by atoms with Crippen molar-refractivity contribution in [1.29, 1.82) is 0 Å². The van der Waals surface area contributed by atoms with Gasteiger partial charge in [0.2, 0.25) is 0 Å². The Hall–Kier alpha value is -1.33. The van der Waals surface area contributed by atoms with Crippen LogP contribution in [0.2, 0.25) is 0 Å². The minimum absolute atomic E-state index is 0.662. The van der Waals surface area contributed by atoms with Crippen LogP contribution >= 0.6 is 12.2 Å². The number of anilines is 2. The number of methoxy groups -OCH3 is 1. The summed E-state index contributed by atoms with van der Waals surface area (Å²) in [7, 11) is 1.71. The number of thiocarbonyl (C=S) groups is 1. The molecule has 0 radical (unpaired) electrons. The second-order valence-electron chi connectivity index (χ2n) is 4.97. The molecular weight excluding hydrogens is 270 g/mol. The van der Waals surface area contributed by atoms with E-state index in [1.807, 2.05) is 0 Å². The first-order valence-electron chi connectivity index (χ1n) is 7.18. The third kappa shape index (κ3) is 4.65. The number of rotatable bonds is 6. The van der Waals surface area contributed by atoms with Crippen molar-refractivity contribution >= 4 is 28.7 Å². The molecule has 1 aromatic rings. The third-order valence-electron chi connectivity index (χ3n) is 3.41. The Morgan fingerprint density at radius 3 is 2.60 bits per heavy atom. The van der Waals surface area contributed by atoms with Gasteiger partial charge in [-0.25, -0.2) is 0 Å². The van der Waals surface area contributed by atoms with Crippen LogP contribution in [0.3, 0.4) is 0 Å². The van der Waals surface area contributed by atoms with Crippen molar-refractivity contribution in [3.63, 3.8) is 0 Å². The number of ether oxygens (including phenoxy) is 1. The third-order valence-corrected chi connectivity index (χ3v) is 3.65. The number of hydrogen-bond donors (Lipinski definition) is 2. The minimum Gasteiger partial charge on any atom is -0.385 e. The lowest BCUT2D eigenvalue weighted by atomic mass is 10.2. The van der Waals surface area contributed by atoms with Gasteiger partial charge in [0, 0.05) is 44.7 Å². The Balaban J connectivity index is 1.76. The summed E-state index contributed by atoms with van der Waals surface area (Å²) in [6.45, 7) is 3.92. The largest absolute Gasteiger partial charge is 0.385 e. The molecule has 110 valence electrons. The molecule has 0 bridgehead atoms. The molecule has 0 unspecified atom stereocenters. The molecule has 1 heterocycles. The highest BCUT2D eigenvalue weighted by Crippen LogP contribution is 2.21. The molecule has 0 aromatic heterocycles. The van der Waals surface area contributed by atoms with Gasteiger partial charge in [-0.15, -0.1) is 0 Å². The summed E-state index contributed by atoms with van der Waals surface area (Å²) in [4.78, 5) is 2.42. The summed E-state index contributed by atoms with van der Waals surface area (Å²) >= 11 is 5.25. The van der Waals surface area contributed by atoms with Gasteiger partial charge in [0.15, 0.2) is 5.11 Å². The zero-order valence-corrected chi connectivity index (χ0v) is 12.8. The second-order valence-corrected chi connectivity index (χ2v) is 5.38. The van der Waals surface area contributed by atoms with E-state index in [9.17, 15) is 0 Å². The van der Waals surface area contributed by atoms with Gasteiger partial charge in [0.1, 0.15) is 0 Å². The topological polar surface area (TPSA) is 36.5 Å². The normalized spacial score (nSPS) is 14.3. The molecule has 0 saturated carbocycles. The van der Waals surface area contributed by atoms with Gasteiger partial charge < -0.3 is 20.3 Å². The first-order chi connectivity index (χ1) is 9.79. The van der Waals surface area contributed by atoms with E-state index < -0.39 is 0 Å². The summed E-state index contributed by atoms with van der Waals surface area (Å²) < 4.78 is 5.00. The number of nitrogens with zero attached hydrogens (tertiary/aromatic N) is 1. The minimum atomic E-state index is 0.662. The first kappa shape index (κ1) is 15.1. The SMILES string of the molecule is COCCCNC(=S)Nc1ccc(N2CCCC2)cc1. The zero-order valence-electron chi connectivity index (χ0n) is 12.0.